The van der Waals surface area contributed by atoms with Crippen LogP contribution in [-0.4, -0.2) is 36.7 Å². The van der Waals surface area contributed by atoms with Crippen LogP contribution in [0.5, 0.6) is 0 Å². The lowest BCUT2D eigenvalue weighted by molar-refractivity contribution is -0.384. The lowest BCUT2D eigenvalue weighted by atomic mass is 10.3. The Morgan fingerprint density at radius 2 is 2.32 bits per heavy atom. The van der Waals surface area contributed by atoms with E-state index in [-0.39, 0.29) is 16.7 Å². The van der Waals surface area contributed by atoms with Crippen molar-refractivity contribution in [1.82, 2.24) is 4.98 Å². The molecule has 1 fully saturated rings. The summed E-state index contributed by atoms with van der Waals surface area (Å²) in [6, 6.07) is 2.78. The minimum absolute atomic E-state index is 0.0471. The van der Waals surface area contributed by atoms with Gasteiger partial charge in [-0.05, 0) is 24.8 Å². The number of hydrogen-bond donors (Lipinski definition) is 0. The van der Waals surface area contributed by atoms with E-state index in [0.29, 0.717) is 19.1 Å². The maximum absolute atomic E-state index is 10.9. The van der Waals surface area contributed by atoms with Crippen LogP contribution in [0.2, 0.25) is 5.15 Å². The summed E-state index contributed by atoms with van der Waals surface area (Å²) >= 11 is 5.79. The van der Waals surface area contributed by atoms with Crippen LogP contribution < -0.4 is 4.90 Å². The van der Waals surface area contributed by atoms with Gasteiger partial charge < -0.3 is 9.64 Å². The smallest absolute Gasteiger partial charge is 0.311 e. The molecule has 1 aromatic rings. The maximum atomic E-state index is 10.9. The molecule has 104 valence electrons. The second-order valence-corrected chi connectivity index (χ2v) is 5.06. The van der Waals surface area contributed by atoms with Crippen molar-refractivity contribution in [2.45, 2.75) is 12.8 Å². The largest absolute Gasteiger partial charge is 0.379 e. The van der Waals surface area contributed by atoms with Crippen molar-refractivity contribution in [3.63, 3.8) is 0 Å². The van der Waals surface area contributed by atoms with E-state index in [4.69, 9.17) is 16.3 Å². The molecule has 7 heteroatoms. The number of ether oxygens (including phenoxy) is 1. The Balaban J connectivity index is 1.93. The van der Waals surface area contributed by atoms with E-state index < -0.39 is 4.92 Å². The van der Waals surface area contributed by atoms with Crippen LogP contribution in [0.4, 0.5) is 11.5 Å². The van der Waals surface area contributed by atoms with E-state index in [2.05, 4.69) is 4.98 Å². The highest BCUT2D eigenvalue weighted by molar-refractivity contribution is 6.29. The molecule has 1 aliphatic carbocycles. The third kappa shape index (κ3) is 4.04. The molecule has 1 aliphatic rings. The summed E-state index contributed by atoms with van der Waals surface area (Å²) in [4.78, 5) is 16.2. The molecule has 0 aromatic carbocycles. The van der Waals surface area contributed by atoms with E-state index in [0.717, 1.165) is 6.61 Å². The summed E-state index contributed by atoms with van der Waals surface area (Å²) in [5.41, 5.74) is -0.0471. The van der Waals surface area contributed by atoms with Gasteiger partial charge in [0.15, 0.2) is 0 Å². The Hall–Kier alpha value is -1.40. The fourth-order valence-electron chi connectivity index (χ4n) is 1.68. The topological polar surface area (TPSA) is 68.5 Å². The number of likely N-dealkylation sites (N-methyl/N-ethyl adjacent to an activating group) is 1. The first kappa shape index (κ1) is 14.0. The molecule has 19 heavy (non-hydrogen) atoms. The van der Waals surface area contributed by atoms with Crippen molar-refractivity contribution < 1.29 is 9.66 Å². The van der Waals surface area contributed by atoms with Gasteiger partial charge in [0.1, 0.15) is 5.15 Å². The van der Waals surface area contributed by atoms with Crippen molar-refractivity contribution in [2.75, 3.05) is 31.7 Å². The lowest BCUT2D eigenvalue weighted by Gasteiger charge is -2.18. The molecular formula is C12H16ClN3O3. The molecule has 0 N–H and O–H groups in total. The van der Waals surface area contributed by atoms with Crippen LogP contribution in [0.15, 0.2) is 12.1 Å². The fraction of sp³-hybridized carbons (Fsp3) is 0.583. The number of nitro groups is 1. The monoisotopic (exact) mass is 285 g/mol. The molecule has 2 rings (SSSR count). The minimum Gasteiger partial charge on any atom is -0.379 e. The van der Waals surface area contributed by atoms with Gasteiger partial charge in [-0.25, -0.2) is 4.98 Å². The fourth-order valence-corrected chi connectivity index (χ4v) is 1.83. The predicted octanol–water partition coefficient (Wildman–Crippen LogP) is 2.51. The Bertz CT molecular complexity index is 466. The average molecular weight is 286 g/mol. The van der Waals surface area contributed by atoms with Crippen LogP contribution in [0.1, 0.15) is 12.8 Å². The SMILES string of the molecule is CN(CCOCC1CC1)c1nc(Cl)ccc1[N+](=O)[O-]. The van der Waals surface area contributed by atoms with Crippen LogP contribution in [0.3, 0.4) is 0 Å². The summed E-state index contributed by atoms with van der Waals surface area (Å²) in [7, 11) is 1.74. The Kier molecular flexibility index (Phi) is 4.55. The zero-order chi connectivity index (χ0) is 13.8. The molecule has 0 radical (unpaired) electrons. The summed E-state index contributed by atoms with van der Waals surface area (Å²) in [6.07, 6.45) is 2.49. The molecule has 0 unspecified atom stereocenters. The van der Waals surface area contributed by atoms with E-state index >= 15 is 0 Å². The van der Waals surface area contributed by atoms with Gasteiger partial charge >= 0.3 is 5.69 Å². The van der Waals surface area contributed by atoms with Crippen LogP contribution in [0.25, 0.3) is 0 Å². The van der Waals surface area contributed by atoms with E-state index in [1.807, 2.05) is 0 Å². The summed E-state index contributed by atoms with van der Waals surface area (Å²) in [6.45, 7) is 1.85. The predicted molar refractivity (Wildman–Crippen MR) is 72.7 cm³/mol. The first-order valence-corrected chi connectivity index (χ1v) is 6.55. The van der Waals surface area contributed by atoms with Gasteiger partial charge in [0, 0.05) is 26.3 Å². The first-order valence-electron chi connectivity index (χ1n) is 6.17. The lowest BCUT2D eigenvalue weighted by Crippen LogP contribution is -2.24. The molecular weight excluding hydrogens is 270 g/mol. The number of pyridine rings is 1. The van der Waals surface area contributed by atoms with Gasteiger partial charge in [0.2, 0.25) is 5.82 Å². The van der Waals surface area contributed by atoms with Crippen LogP contribution in [-0.2, 0) is 4.74 Å². The van der Waals surface area contributed by atoms with Crippen LogP contribution in [0, 0.1) is 16.0 Å². The van der Waals surface area contributed by atoms with Gasteiger partial charge in [-0.15, -0.1) is 0 Å². The van der Waals surface area contributed by atoms with Crippen molar-refractivity contribution in [3.8, 4) is 0 Å². The molecule has 0 aliphatic heterocycles. The number of anilines is 1. The van der Waals surface area contributed by atoms with E-state index in [1.54, 1.807) is 11.9 Å². The molecule has 0 bridgehead atoms. The second kappa shape index (κ2) is 6.16. The Labute approximate surface area is 116 Å². The van der Waals surface area contributed by atoms with Crippen molar-refractivity contribution in [3.05, 3.63) is 27.4 Å². The summed E-state index contributed by atoms with van der Waals surface area (Å²) in [5.74, 6) is 0.983. The zero-order valence-electron chi connectivity index (χ0n) is 10.7. The minimum atomic E-state index is -0.458. The van der Waals surface area contributed by atoms with Crippen molar-refractivity contribution >= 4 is 23.1 Å². The normalized spacial score (nSPS) is 14.4. The number of aromatic nitrogens is 1. The van der Waals surface area contributed by atoms with Gasteiger partial charge in [0.05, 0.1) is 11.5 Å². The third-order valence-corrected chi connectivity index (χ3v) is 3.21. The number of hydrogen-bond acceptors (Lipinski definition) is 5. The van der Waals surface area contributed by atoms with E-state index in [1.165, 1.54) is 25.0 Å². The number of nitrogens with zero attached hydrogens (tertiary/aromatic N) is 3. The number of halogens is 1. The third-order valence-electron chi connectivity index (χ3n) is 3.00. The van der Waals surface area contributed by atoms with Gasteiger partial charge in [-0.3, -0.25) is 10.1 Å². The Morgan fingerprint density at radius 3 is 2.95 bits per heavy atom. The number of rotatable bonds is 7. The molecule has 0 saturated heterocycles. The van der Waals surface area contributed by atoms with Gasteiger partial charge in [-0.1, -0.05) is 11.6 Å². The zero-order valence-corrected chi connectivity index (χ0v) is 11.5. The molecule has 0 spiro atoms. The second-order valence-electron chi connectivity index (χ2n) is 4.67. The van der Waals surface area contributed by atoms with Crippen molar-refractivity contribution in [2.24, 2.45) is 5.92 Å². The summed E-state index contributed by atoms with van der Waals surface area (Å²) in [5, 5.41) is 11.2. The molecule has 1 heterocycles. The molecule has 1 aromatic heterocycles. The summed E-state index contributed by atoms with van der Waals surface area (Å²) < 4.78 is 5.51. The van der Waals surface area contributed by atoms with E-state index in [9.17, 15) is 10.1 Å². The molecule has 1 saturated carbocycles. The van der Waals surface area contributed by atoms with Gasteiger partial charge in [-0.2, -0.15) is 0 Å². The van der Waals surface area contributed by atoms with Crippen molar-refractivity contribution in [1.29, 1.82) is 0 Å². The quantitative estimate of drug-likeness (QED) is 0.333. The maximum Gasteiger partial charge on any atom is 0.311 e. The van der Waals surface area contributed by atoms with Crippen LogP contribution >= 0.6 is 11.6 Å². The highest BCUT2D eigenvalue weighted by Gasteiger charge is 2.22. The molecule has 0 amide bonds. The first-order chi connectivity index (χ1) is 9.08. The molecule has 0 atom stereocenters. The molecule has 6 nitrogen and oxygen atoms in total. The highest BCUT2D eigenvalue weighted by atomic mass is 35.5. The average Bonchev–Trinajstić information content (AvgIpc) is 3.18. The Morgan fingerprint density at radius 1 is 1.58 bits per heavy atom. The standard InChI is InChI=1S/C12H16ClN3O3/c1-15(6-7-19-8-9-2-3-9)12-10(16(17)18)4-5-11(13)14-12/h4-5,9H,2-3,6-8H2,1H3. The van der Waals surface area contributed by atoms with Gasteiger partial charge in [0.25, 0.3) is 0 Å². The highest BCUT2D eigenvalue weighted by Crippen LogP contribution is 2.29.